The molecule has 0 saturated carbocycles. The predicted molar refractivity (Wildman–Crippen MR) is 73.5 cm³/mol. The number of benzene rings is 1. The first-order valence-electron chi connectivity index (χ1n) is 6.31. The third-order valence-corrected chi connectivity index (χ3v) is 2.93. The highest BCUT2D eigenvalue weighted by atomic mass is 19.1. The summed E-state index contributed by atoms with van der Waals surface area (Å²) < 4.78 is 18.3. The number of nitrogens with one attached hydrogen (secondary N) is 1. The van der Waals surface area contributed by atoms with Gasteiger partial charge in [-0.15, -0.1) is 0 Å². The number of ketones is 1. The molecule has 0 unspecified atom stereocenters. The van der Waals surface area contributed by atoms with E-state index >= 15 is 0 Å². The van der Waals surface area contributed by atoms with Crippen LogP contribution in [0.25, 0.3) is 0 Å². The second-order valence-electron chi connectivity index (χ2n) is 4.25. The normalized spacial score (nSPS) is 10.4. The molecule has 0 aromatic heterocycles. The fourth-order valence-corrected chi connectivity index (χ4v) is 1.70. The van der Waals surface area contributed by atoms with Crippen LogP contribution in [0.15, 0.2) is 18.2 Å². The molecule has 6 heteroatoms. The van der Waals surface area contributed by atoms with Gasteiger partial charge in [0, 0.05) is 12.6 Å². The average molecular weight is 282 g/mol. The summed E-state index contributed by atoms with van der Waals surface area (Å²) in [5.74, 6) is -0.884. The zero-order chi connectivity index (χ0) is 15.1. The number of Topliss-reactive ketones (excluding diaryl/α,β-unsaturated/α-hetero) is 1. The van der Waals surface area contributed by atoms with Crippen molar-refractivity contribution in [3.8, 4) is 5.75 Å². The van der Waals surface area contributed by atoms with Crippen molar-refractivity contribution < 1.29 is 18.7 Å². The first-order chi connectivity index (χ1) is 9.51. The van der Waals surface area contributed by atoms with Crippen LogP contribution in [-0.2, 0) is 4.79 Å². The lowest BCUT2D eigenvalue weighted by Crippen LogP contribution is -2.38. The lowest BCUT2D eigenvalue weighted by molar-refractivity contribution is -0.121. The van der Waals surface area contributed by atoms with Crippen molar-refractivity contribution in [1.29, 1.82) is 0 Å². The van der Waals surface area contributed by atoms with Crippen LogP contribution in [0.1, 0.15) is 17.3 Å². The number of hydrogen-bond acceptors (Lipinski definition) is 4. The number of rotatable bonds is 7. The molecular weight excluding hydrogens is 263 g/mol. The molecule has 0 aliphatic carbocycles. The van der Waals surface area contributed by atoms with Crippen molar-refractivity contribution in [2.45, 2.75) is 6.92 Å². The Balaban J connectivity index is 2.74. The number of ether oxygens (including phenoxy) is 1. The molecule has 0 aliphatic rings. The Morgan fingerprint density at radius 1 is 1.35 bits per heavy atom. The van der Waals surface area contributed by atoms with E-state index in [1.54, 1.807) is 4.90 Å². The summed E-state index contributed by atoms with van der Waals surface area (Å²) in [6, 6.07) is 4.07. The van der Waals surface area contributed by atoms with Gasteiger partial charge in [-0.05, 0) is 24.7 Å². The molecule has 1 aromatic rings. The Hall–Kier alpha value is -1.95. The van der Waals surface area contributed by atoms with Crippen LogP contribution in [0.2, 0.25) is 0 Å². The lowest BCUT2D eigenvalue weighted by Gasteiger charge is -2.18. The molecule has 0 fully saturated rings. The molecule has 1 aromatic carbocycles. The largest absolute Gasteiger partial charge is 0.494 e. The maximum Gasteiger partial charge on any atom is 0.233 e. The standard InChI is InChI=1S/C14H19FN2O3/c1-4-17(9-14(19)16-2)8-12(18)10-5-6-13(20-3)11(15)7-10/h5-7H,4,8-9H2,1-3H3,(H,16,19). The van der Waals surface area contributed by atoms with Crippen molar-refractivity contribution in [2.75, 3.05) is 33.8 Å². The molecule has 0 bridgehead atoms. The molecule has 20 heavy (non-hydrogen) atoms. The van der Waals surface area contributed by atoms with E-state index in [1.165, 1.54) is 26.3 Å². The first kappa shape index (κ1) is 16.1. The minimum atomic E-state index is -0.576. The third-order valence-electron chi connectivity index (χ3n) is 2.93. The predicted octanol–water partition coefficient (Wildman–Crippen LogP) is 1.08. The molecule has 0 spiro atoms. The number of hydrogen-bond donors (Lipinski definition) is 1. The summed E-state index contributed by atoms with van der Waals surface area (Å²) in [7, 11) is 2.90. The van der Waals surface area contributed by atoms with Gasteiger partial charge in [-0.1, -0.05) is 6.92 Å². The number of halogens is 1. The van der Waals surface area contributed by atoms with Crippen LogP contribution in [0, 0.1) is 5.82 Å². The summed E-state index contributed by atoms with van der Waals surface area (Å²) >= 11 is 0. The van der Waals surface area contributed by atoms with E-state index in [9.17, 15) is 14.0 Å². The van der Waals surface area contributed by atoms with Crippen molar-refractivity contribution in [2.24, 2.45) is 0 Å². The van der Waals surface area contributed by atoms with Crippen LogP contribution in [0.5, 0.6) is 5.75 Å². The molecular formula is C14H19FN2O3. The van der Waals surface area contributed by atoms with Crippen LogP contribution >= 0.6 is 0 Å². The number of methoxy groups -OCH3 is 1. The van der Waals surface area contributed by atoms with Gasteiger partial charge in [0.1, 0.15) is 0 Å². The first-order valence-corrected chi connectivity index (χ1v) is 6.31. The highest BCUT2D eigenvalue weighted by molar-refractivity contribution is 5.98. The van der Waals surface area contributed by atoms with E-state index in [-0.39, 0.29) is 36.1 Å². The zero-order valence-electron chi connectivity index (χ0n) is 11.9. The molecule has 1 rings (SSSR count). The van der Waals surface area contributed by atoms with Crippen LogP contribution in [0.3, 0.4) is 0 Å². The van der Waals surface area contributed by atoms with Gasteiger partial charge < -0.3 is 10.1 Å². The van der Waals surface area contributed by atoms with Crippen molar-refractivity contribution >= 4 is 11.7 Å². The van der Waals surface area contributed by atoms with E-state index in [0.717, 1.165) is 6.07 Å². The summed E-state index contributed by atoms with van der Waals surface area (Å²) in [6.07, 6.45) is 0. The second-order valence-corrected chi connectivity index (χ2v) is 4.25. The van der Waals surface area contributed by atoms with Crippen molar-refractivity contribution in [3.05, 3.63) is 29.6 Å². The molecule has 0 aliphatic heterocycles. The second kappa shape index (κ2) is 7.59. The van der Waals surface area contributed by atoms with Gasteiger partial charge in [0.2, 0.25) is 5.91 Å². The van der Waals surface area contributed by atoms with Gasteiger partial charge in [0.25, 0.3) is 0 Å². The topological polar surface area (TPSA) is 58.6 Å². The molecule has 0 heterocycles. The van der Waals surface area contributed by atoms with Gasteiger partial charge in [0.15, 0.2) is 17.3 Å². The quantitative estimate of drug-likeness (QED) is 0.760. The van der Waals surface area contributed by atoms with E-state index in [4.69, 9.17) is 4.74 Å². The molecule has 0 radical (unpaired) electrons. The number of amides is 1. The van der Waals surface area contributed by atoms with Crippen LogP contribution in [0.4, 0.5) is 4.39 Å². The molecule has 5 nitrogen and oxygen atoms in total. The van der Waals surface area contributed by atoms with E-state index < -0.39 is 5.82 Å². The molecule has 1 amide bonds. The van der Waals surface area contributed by atoms with Gasteiger partial charge in [-0.2, -0.15) is 0 Å². The minimum absolute atomic E-state index is 0.0652. The van der Waals surface area contributed by atoms with Crippen molar-refractivity contribution in [1.82, 2.24) is 10.2 Å². The highest BCUT2D eigenvalue weighted by Crippen LogP contribution is 2.18. The summed E-state index contributed by atoms with van der Waals surface area (Å²) in [6.45, 7) is 2.61. The van der Waals surface area contributed by atoms with Crippen molar-refractivity contribution in [3.63, 3.8) is 0 Å². The highest BCUT2D eigenvalue weighted by Gasteiger charge is 2.15. The lowest BCUT2D eigenvalue weighted by atomic mass is 10.1. The number of carbonyl (C=O) groups is 2. The van der Waals surface area contributed by atoms with Gasteiger partial charge in [0.05, 0.1) is 20.2 Å². The van der Waals surface area contributed by atoms with Gasteiger partial charge >= 0.3 is 0 Å². The monoisotopic (exact) mass is 282 g/mol. The SMILES string of the molecule is CCN(CC(=O)NC)CC(=O)c1ccc(OC)c(F)c1. The van der Waals surface area contributed by atoms with Crippen LogP contribution < -0.4 is 10.1 Å². The fourth-order valence-electron chi connectivity index (χ4n) is 1.70. The fraction of sp³-hybridized carbons (Fsp3) is 0.429. The Kier molecular flexibility index (Phi) is 6.11. The average Bonchev–Trinajstić information content (AvgIpc) is 2.45. The summed E-state index contributed by atoms with van der Waals surface area (Å²) in [5.41, 5.74) is 0.263. The molecule has 0 saturated heterocycles. The van der Waals surface area contributed by atoms with E-state index in [0.29, 0.717) is 6.54 Å². The van der Waals surface area contributed by atoms with Gasteiger partial charge in [-0.25, -0.2) is 4.39 Å². The summed E-state index contributed by atoms with van der Waals surface area (Å²) in [5, 5.41) is 2.50. The van der Waals surface area contributed by atoms with E-state index in [2.05, 4.69) is 5.32 Å². The molecule has 0 atom stereocenters. The Morgan fingerprint density at radius 3 is 2.55 bits per heavy atom. The zero-order valence-corrected chi connectivity index (χ0v) is 11.9. The maximum absolute atomic E-state index is 13.5. The molecule has 1 N–H and O–H groups in total. The summed E-state index contributed by atoms with van der Waals surface area (Å²) in [4.78, 5) is 25.0. The molecule has 110 valence electrons. The Bertz CT molecular complexity index is 491. The third kappa shape index (κ3) is 4.31. The number of carbonyl (C=O) groups excluding carboxylic acids is 2. The maximum atomic E-state index is 13.5. The van der Waals surface area contributed by atoms with Crippen LogP contribution in [-0.4, -0.2) is 50.4 Å². The number of nitrogens with zero attached hydrogens (tertiary/aromatic N) is 1. The van der Waals surface area contributed by atoms with Gasteiger partial charge in [-0.3, -0.25) is 14.5 Å². The minimum Gasteiger partial charge on any atom is -0.494 e. The number of likely N-dealkylation sites (N-methyl/N-ethyl adjacent to an activating group) is 2. The van der Waals surface area contributed by atoms with E-state index in [1.807, 2.05) is 6.92 Å². The smallest absolute Gasteiger partial charge is 0.233 e. The Labute approximate surface area is 117 Å². The Morgan fingerprint density at radius 2 is 2.05 bits per heavy atom.